The Balaban J connectivity index is 2.03. The molecule has 0 amide bonds. The van der Waals surface area contributed by atoms with Crippen molar-refractivity contribution in [2.45, 2.75) is 18.4 Å². The van der Waals surface area contributed by atoms with E-state index in [4.69, 9.17) is 4.52 Å². The van der Waals surface area contributed by atoms with Gasteiger partial charge in [-0.25, -0.2) is 17.8 Å². The zero-order valence-electron chi connectivity index (χ0n) is 10.2. The van der Waals surface area contributed by atoms with E-state index in [1.54, 1.807) is 6.92 Å². The Morgan fingerprint density at radius 2 is 2.21 bits per heavy atom. The molecule has 11 heteroatoms. The molecule has 0 saturated carbocycles. The Hall–Kier alpha value is -1.33. The van der Waals surface area contributed by atoms with E-state index in [2.05, 4.69) is 41.1 Å². The van der Waals surface area contributed by atoms with E-state index in [-0.39, 0.29) is 16.2 Å². The highest BCUT2D eigenvalue weighted by molar-refractivity contribution is 9.10. The third-order valence-corrected chi connectivity index (χ3v) is 4.54. The molecule has 2 aromatic heterocycles. The van der Waals surface area contributed by atoms with Gasteiger partial charge in [-0.05, 0) is 22.9 Å². The molecular weight excluding hydrogens is 340 g/mol. The number of hydrogen-bond acceptors (Lipinski definition) is 7. The second-order valence-electron chi connectivity index (χ2n) is 3.69. The summed E-state index contributed by atoms with van der Waals surface area (Å²) < 4.78 is 32.7. The molecule has 1 N–H and O–H groups in total. The maximum absolute atomic E-state index is 12.0. The molecular formula is C8H11BrN6O3S. The molecule has 0 aliphatic carbocycles. The van der Waals surface area contributed by atoms with Gasteiger partial charge in [0.05, 0.1) is 0 Å². The van der Waals surface area contributed by atoms with Crippen LogP contribution in [-0.4, -0.2) is 40.1 Å². The Morgan fingerprint density at radius 3 is 2.74 bits per heavy atom. The first-order chi connectivity index (χ1) is 8.90. The lowest BCUT2D eigenvalue weighted by molar-refractivity contribution is 0.374. The van der Waals surface area contributed by atoms with Crippen LogP contribution < -0.4 is 4.72 Å². The van der Waals surface area contributed by atoms with Crippen molar-refractivity contribution in [2.75, 3.05) is 6.54 Å². The summed E-state index contributed by atoms with van der Waals surface area (Å²) >= 11 is 3.04. The second-order valence-corrected chi connectivity index (χ2v) is 6.13. The van der Waals surface area contributed by atoms with Gasteiger partial charge in [-0.1, -0.05) is 10.4 Å². The highest BCUT2D eigenvalue weighted by atomic mass is 79.9. The van der Waals surface area contributed by atoms with Crippen molar-refractivity contribution in [3.8, 4) is 0 Å². The fourth-order valence-corrected chi connectivity index (χ4v) is 3.53. The standard InChI is InChI=1S/C8H11BrN6O3S/c1-5-11-6(18-13-5)3-4-10-19(16,17)8-7(9)12-14-15(8)2/h10H,3-4H2,1-2H3. The molecule has 104 valence electrons. The minimum atomic E-state index is -3.69. The number of aromatic nitrogens is 5. The number of aryl methyl sites for hydroxylation is 2. The lowest BCUT2D eigenvalue weighted by Gasteiger charge is -2.05. The number of hydrogen-bond donors (Lipinski definition) is 1. The smallest absolute Gasteiger partial charge is 0.260 e. The van der Waals surface area contributed by atoms with Crippen molar-refractivity contribution < 1.29 is 12.9 Å². The third-order valence-electron chi connectivity index (χ3n) is 2.19. The van der Waals surface area contributed by atoms with Crippen LogP contribution in [0.15, 0.2) is 14.2 Å². The number of nitrogens with zero attached hydrogens (tertiary/aromatic N) is 5. The molecule has 2 aromatic rings. The first-order valence-electron chi connectivity index (χ1n) is 5.24. The van der Waals surface area contributed by atoms with Gasteiger partial charge in [-0.2, -0.15) is 4.98 Å². The molecule has 0 aliphatic rings. The average Bonchev–Trinajstić information content (AvgIpc) is 2.86. The predicted molar refractivity (Wildman–Crippen MR) is 66.6 cm³/mol. The van der Waals surface area contributed by atoms with Gasteiger partial charge in [0.1, 0.15) is 0 Å². The molecule has 0 spiro atoms. The highest BCUT2D eigenvalue weighted by Crippen LogP contribution is 2.17. The zero-order chi connectivity index (χ0) is 14.0. The van der Waals surface area contributed by atoms with Gasteiger partial charge in [0.15, 0.2) is 10.4 Å². The lowest BCUT2D eigenvalue weighted by Crippen LogP contribution is -2.28. The van der Waals surface area contributed by atoms with Gasteiger partial charge in [0.25, 0.3) is 10.0 Å². The molecule has 0 saturated heterocycles. The molecule has 0 radical (unpaired) electrons. The van der Waals surface area contributed by atoms with Crippen molar-refractivity contribution in [3.63, 3.8) is 0 Å². The fraction of sp³-hybridized carbons (Fsp3) is 0.500. The van der Waals surface area contributed by atoms with Crippen molar-refractivity contribution >= 4 is 26.0 Å². The Labute approximate surface area is 117 Å². The van der Waals surface area contributed by atoms with Gasteiger partial charge < -0.3 is 4.52 Å². The maximum atomic E-state index is 12.0. The summed E-state index contributed by atoms with van der Waals surface area (Å²) in [6.07, 6.45) is 0.309. The number of halogens is 1. The monoisotopic (exact) mass is 350 g/mol. The van der Waals surface area contributed by atoms with Crippen molar-refractivity contribution in [1.82, 2.24) is 29.9 Å². The molecule has 0 aliphatic heterocycles. The number of sulfonamides is 1. The minimum absolute atomic E-state index is 0.0331. The van der Waals surface area contributed by atoms with Crippen LogP contribution in [0.25, 0.3) is 0 Å². The Bertz CT molecular complexity index is 659. The van der Waals surface area contributed by atoms with E-state index in [9.17, 15) is 8.42 Å². The molecule has 0 bridgehead atoms. The van der Waals surface area contributed by atoms with Gasteiger partial charge in [-0.15, -0.1) is 5.10 Å². The van der Waals surface area contributed by atoms with Crippen LogP contribution in [0.1, 0.15) is 11.7 Å². The summed E-state index contributed by atoms with van der Waals surface area (Å²) in [5.74, 6) is 0.888. The first-order valence-corrected chi connectivity index (χ1v) is 7.52. The van der Waals surface area contributed by atoms with Gasteiger partial charge >= 0.3 is 0 Å². The molecule has 19 heavy (non-hydrogen) atoms. The van der Waals surface area contributed by atoms with E-state index >= 15 is 0 Å². The molecule has 0 aromatic carbocycles. The van der Waals surface area contributed by atoms with Gasteiger partial charge in [0, 0.05) is 20.0 Å². The van der Waals surface area contributed by atoms with Crippen LogP contribution in [0.3, 0.4) is 0 Å². The van der Waals surface area contributed by atoms with Crippen LogP contribution in [0, 0.1) is 6.92 Å². The summed E-state index contributed by atoms with van der Waals surface area (Å²) in [5.41, 5.74) is 0. The molecule has 2 heterocycles. The van der Waals surface area contributed by atoms with Crippen molar-refractivity contribution in [1.29, 1.82) is 0 Å². The lowest BCUT2D eigenvalue weighted by atomic mass is 10.4. The summed E-state index contributed by atoms with van der Waals surface area (Å²) in [6.45, 7) is 1.83. The summed E-state index contributed by atoms with van der Waals surface area (Å²) in [6, 6.07) is 0. The molecule has 0 atom stereocenters. The molecule has 2 rings (SSSR count). The summed E-state index contributed by atoms with van der Waals surface area (Å²) in [5, 5.41) is 10.8. The van der Waals surface area contributed by atoms with E-state index in [0.29, 0.717) is 18.1 Å². The topological polar surface area (TPSA) is 116 Å². The molecule has 0 fully saturated rings. The number of nitrogens with one attached hydrogen (secondary N) is 1. The average molecular weight is 351 g/mol. The molecule has 0 unspecified atom stereocenters. The quantitative estimate of drug-likeness (QED) is 0.792. The highest BCUT2D eigenvalue weighted by Gasteiger charge is 2.23. The van der Waals surface area contributed by atoms with E-state index in [1.165, 1.54) is 11.7 Å². The Kier molecular flexibility index (Phi) is 3.96. The molecule has 9 nitrogen and oxygen atoms in total. The van der Waals surface area contributed by atoms with E-state index in [0.717, 1.165) is 0 Å². The van der Waals surface area contributed by atoms with Crippen molar-refractivity contribution in [3.05, 3.63) is 16.3 Å². The number of rotatable bonds is 5. The second kappa shape index (κ2) is 5.35. The maximum Gasteiger partial charge on any atom is 0.260 e. The van der Waals surface area contributed by atoms with Crippen LogP contribution >= 0.6 is 15.9 Å². The fourth-order valence-electron chi connectivity index (χ4n) is 1.41. The van der Waals surface area contributed by atoms with E-state index < -0.39 is 10.0 Å². The van der Waals surface area contributed by atoms with Crippen molar-refractivity contribution in [2.24, 2.45) is 7.05 Å². The summed E-state index contributed by atoms with van der Waals surface area (Å²) in [4.78, 5) is 3.98. The van der Waals surface area contributed by atoms with Crippen LogP contribution in [0.2, 0.25) is 0 Å². The summed E-state index contributed by atoms with van der Waals surface area (Å²) in [7, 11) is -2.20. The van der Waals surface area contributed by atoms with E-state index in [1.807, 2.05) is 0 Å². The predicted octanol–water partition coefficient (Wildman–Crippen LogP) is -0.210. The van der Waals surface area contributed by atoms with Gasteiger partial charge in [0.2, 0.25) is 10.9 Å². The Morgan fingerprint density at radius 1 is 1.47 bits per heavy atom. The van der Waals surface area contributed by atoms with Gasteiger partial charge in [-0.3, -0.25) is 0 Å². The minimum Gasteiger partial charge on any atom is -0.339 e. The first kappa shape index (κ1) is 14.1. The zero-order valence-corrected chi connectivity index (χ0v) is 12.6. The SMILES string of the molecule is Cc1noc(CCNS(=O)(=O)c2c(Br)nnn2C)n1. The van der Waals surface area contributed by atoms with Crippen LogP contribution in [0.5, 0.6) is 0 Å². The largest absolute Gasteiger partial charge is 0.339 e. The van der Waals surface area contributed by atoms with Crippen LogP contribution in [-0.2, 0) is 23.5 Å². The normalized spacial score (nSPS) is 11.9. The third kappa shape index (κ3) is 3.16. The van der Waals surface area contributed by atoms with Crippen LogP contribution in [0.4, 0.5) is 0 Å².